The molecule has 0 amide bonds. The Hall–Kier alpha value is -0.370. The molecule has 0 spiro atoms. The molecule has 1 aromatic carbocycles. The Bertz CT molecular complexity index is 617. The minimum Gasteiger partial charge on any atom is -0.391 e. The van der Waals surface area contributed by atoms with Gasteiger partial charge < -0.3 is 5.11 Å². The van der Waals surface area contributed by atoms with Crippen molar-refractivity contribution in [2.45, 2.75) is 12.6 Å². The fourth-order valence-electron chi connectivity index (χ4n) is 2.56. The molecule has 5 nitrogen and oxygen atoms in total. The number of nitrogens with zero attached hydrogens (tertiary/aromatic N) is 2. The van der Waals surface area contributed by atoms with Crippen LogP contribution in [0.15, 0.2) is 18.2 Å². The van der Waals surface area contributed by atoms with Gasteiger partial charge in [-0.1, -0.05) is 29.3 Å². The lowest BCUT2D eigenvalue weighted by Gasteiger charge is -2.18. The molecule has 0 unspecified atom stereocenters. The van der Waals surface area contributed by atoms with Crippen molar-refractivity contribution in [3.05, 3.63) is 33.8 Å². The topological polar surface area (TPSA) is 60.9 Å². The first kappa shape index (κ1) is 18.0. The molecule has 0 aromatic heterocycles. The molecule has 124 valence electrons. The highest BCUT2D eigenvalue weighted by molar-refractivity contribution is 7.89. The first-order chi connectivity index (χ1) is 10.2. The van der Waals surface area contributed by atoms with E-state index in [-0.39, 0.29) is 11.7 Å². The van der Waals surface area contributed by atoms with Crippen LogP contribution in [0.1, 0.15) is 5.56 Å². The lowest BCUT2D eigenvalue weighted by atomic mass is 10.1. The summed E-state index contributed by atoms with van der Waals surface area (Å²) in [4.78, 5) is 1.98. The SMILES string of the molecule is CN(C)S(=O)(=O)C[C@@H]1CN(Cc2c(Cl)cccc2Cl)C[C@@H]1O. The van der Waals surface area contributed by atoms with Crippen molar-refractivity contribution in [2.75, 3.05) is 32.9 Å². The second kappa shape index (κ2) is 7.03. The number of β-amino-alcohol motifs (C(OH)–C–C–N with tert-alkyl or cyclic N) is 1. The second-order valence-corrected chi connectivity index (χ2v) is 8.82. The summed E-state index contributed by atoms with van der Waals surface area (Å²) in [6.07, 6.45) is -0.670. The molecule has 1 aliphatic heterocycles. The van der Waals surface area contributed by atoms with Crippen molar-refractivity contribution in [3.63, 3.8) is 0 Å². The van der Waals surface area contributed by atoms with E-state index in [1.807, 2.05) is 4.90 Å². The van der Waals surface area contributed by atoms with Crippen LogP contribution in [-0.2, 0) is 16.6 Å². The van der Waals surface area contributed by atoms with Crippen molar-refractivity contribution >= 4 is 33.2 Å². The van der Waals surface area contributed by atoms with Crippen LogP contribution in [0.2, 0.25) is 10.0 Å². The Labute approximate surface area is 141 Å². The minimum atomic E-state index is -3.33. The standard InChI is InChI=1S/C14H20Cl2N2O3S/c1-17(2)22(20,21)9-10-6-18(8-14(10)19)7-11-12(15)4-3-5-13(11)16/h3-5,10,14,19H,6-9H2,1-2H3/t10-,14-/m0/s1. The summed E-state index contributed by atoms with van der Waals surface area (Å²) in [6, 6.07) is 5.31. The third kappa shape index (κ3) is 4.13. The Morgan fingerprint density at radius 1 is 1.27 bits per heavy atom. The molecular formula is C14H20Cl2N2O3S. The Balaban J connectivity index is 2.05. The van der Waals surface area contributed by atoms with Gasteiger partial charge in [0.15, 0.2) is 0 Å². The molecule has 1 saturated heterocycles. The summed E-state index contributed by atoms with van der Waals surface area (Å²) in [7, 11) is -0.337. The van der Waals surface area contributed by atoms with Gasteiger partial charge >= 0.3 is 0 Å². The number of aliphatic hydroxyl groups excluding tert-OH is 1. The molecular weight excluding hydrogens is 347 g/mol. The van der Waals surface area contributed by atoms with Crippen molar-refractivity contribution in [1.29, 1.82) is 0 Å². The monoisotopic (exact) mass is 366 g/mol. The first-order valence-electron chi connectivity index (χ1n) is 6.94. The lowest BCUT2D eigenvalue weighted by molar-refractivity contribution is 0.148. The summed E-state index contributed by atoms with van der Waals surface area (Å²) in [5, 5.41) is 11.3. The Morgan fingerprint density at radius 3 is 2.41 bits per heavy atom. The number of hydrogen-bond donors (Lipinski definition) is 1. The molecule has 1 aromatic rings. The van der Waals surface area contributed by atoms with E-state index in [1.54, 1.807) is 18.2 Å². The van der Waals surface area contributed by atoms with E-state index < -0.39 is 16.1 Å². The van der Waals surface area contributed by atoms with E-state index in [9.17, 15) is 13.5 Å². The molecule has 0 bridgehead atoms. The summed E-state index contributed by atoms with van der Waals surface area (Å²) >= 11 is 12.3. The van der Waals surface area contributed by atoms with E-state index >= 15 is 0 Å². The predicted octanol–water partition coefficient (Wildman–Crippen LogP) is 1.68. The molecule has 8 heteroatoms. The van der Waals surface area contributed by atoms with E-state index in [0.717, 1.165) is 5.56 Å². The number of sulfonamides is 1. The van der Waals surface area contributed by atoms with Gasteiger partial charge in [0.2, 0.25) is 10.0 Å². The Morgan fingerprint density at radius 2 is 1.86 bits per heavy atom. The fourth-order valence-corrected chi connectivity index (χ4v) is 4.24. The van der Waals surface area contributed by atoms with E-state index in [4.69, 9.17) is 23.2 Å². The van der Waals surface area contributed by atoms with Crippen LogP contribution < -0.4 is 0 Å². The Kier molecular flexibility index (Phi) is 5.74. The molecule has 1 N–H and O–H groups in total. The molecule has 1 heterocycles. The molecule has 0 saturated carbocycles. The average molecular weight is 367 g/mol. The quantitative estimate of drug-likeness (QED) is 0.860. The van der Waals surface area contributed by atoms with Crippen molar-refractivity contribution < 1.29 is 13.5 Å². The highest BCUT2D eigenvalue weighted by Crippen LogP contribution is 2.28. The van der Waals surface area contributed by atoms with E-state index in [2.05, 4.69) is 0 Å². The summed E-state index contributed by atoms with van der Waals surface area (Å²) < 4.78 is 25.1. The van der Waals surface area contributed by atoms with Crippen molar-refractivity contribution in [3.8, 4) is 0 Å². The van der Waals surface area contributed by atoms with Gasteiger partial charge in [-0.05, 0) is 12.1 Å². The zero-order valence-electron chi connectivity index (χ0n) is 12.5. The van der Waals surface area contributed by atoms with Crippen LogP contribution in [0.5, 0.6) is 0 Å². The zero-order valence-corrected chi connectivity index (χ0v) is 14.9. The minimum absolute atomic E-state index is 0.0616. The average Bonchev–Trinajstić information content (AvgIpc) is 2.74. The van der Waals surface area contributed by atoms with Gasteiger partial charge in [0, 0.05) is 55.3 Å². The van der Waals surface area contributed by atoms with Gasteiger partial charge in [-0.2, -0.15) is 0 Å². The van der Waals surface area contributed by atoms with Gasteiger partial charge in [-0.25, -0.2) is 12.7 Å². The lowest BCUT2D eigenvalue weighted by Crippen LogP contribution is -2.33. The first-order valence-corrected chi connectivity index (χ1v) is 9.30. The maximum Gasteiger partial charge on any atom is 0.214 e. The van der Waals surface area contributed by atoms with Crippen molar-refractivity contribution in [2.24, 2.45) is 5.92 Å². The molecule has 1 aliphatic rings. The van der Waals surface area contributed by atoms with Gasteiger partial charge in [-0.3, -0.25) is 4.90 Å². The van der Waals surface area contributed by atoms with E-state index in [0.29, 0.717) is 29.7 Å². The highest BCUT2D eigenvalue weighted by Gasteiger charge is 2.35. The van der Waals surface area contributed by atoms with Crippen LogP contribution in [-0.4, -0.2) is 61.8 Å². The molecule has 2 atom stereocenters. The van der Waals surface area contributed by atoms with Crippen LogP contribution in [0, 0.1) is 5.92 Å². The largest absolute Gasteiger partial charge is 0.391 e. The number of halogens is 2. The summed E-state index contributed by atoms with van der Waals surface area (Å²) in [6.45, 7) is 1.40. The molecule has 22 heavy (non-hydrogen) atoms. The number of hydrogen-bond acceptors (Lipinski definition) is 4. The highest BCUT2D eigenvalue weighted by atomic mass is 35.5. The van der Waals surface area contributed by atoms with Crippen LogP contribution in [0.3, 0.4) is 0 Å². The predicted molar refractivity (Wildman–Crippen MR) is 88.7 cm³/mol. The molecule has 2 rings (SSSR count). The maximum atomic E-state index is 12.0. The third-order valence-electron chi connectivity index (χ3n) is 3.91. The normalized spacial score (nSPS) is 23.4. The van der Waals surface area contributed by atoms with Gasteiger partial charge in [0.05, 0.1) is 11.9 Å². The van der Waals surface area contributed by atoms with Gasteiger partial charge in [0.25, 0.3) is 0 Å². The van der Waals surface area contributed by atoms with E-state index in [1.165, 1.54) is 18.4 Å². The molecule has 0 radical (unpaired) electrons. The van der Waals surface area contributed by atoms with Crippen LogP contribution >= 0.6 is 23.2 Å². The van der Waals surface area contributed by atoms with Crippen molar-refractivity contribution in [1.82, 2.24) is 9.21 Å². The van der Waals surface area contributed by atoms with Gasteiger partial charge in [-0.15, -0.1) is 0 Å². The summed E-state index contributed by atoms with van der Waals surface area (Å²) in [5.74, 6) is -0.373. The number of benzene rings is 1. The second-order valence-electron chi connectivity index (χ2n) is 5.78. The number of likely N-dealkylation sites (tertiary alicyclic amines) is 1. The smallest absolute Gasteiger partial charge is 0.214 e. The van der Waals surface area contributed by atoms with Crippen LogP contribution in [0.25, 0.3) is 0 Å². The third-order valence-corrected chi connectivity index (χ3v) is 6.58. The molecule has 0 aliphatic carbocycles. The maximum absolute atomic E-state index is 12.0. The number of aliphatic hydroxyl groups is 1. The fraction of sp³-hybridized carbons (Fsp3) is 0.571. The van der Waals surface area contributed by atoms with Crippen LogP contribution in [0.4, 0.5) is 0 Å². The number of rotatable bonds is 5. The zero-order chi connectivity index (χ0) is 16.5. The van der Waals surface area contributed by atoms with Gasteiger partial charge in [0.1, 0.15) is 0 Å². The summed E-state index contributed by atoms with van der Waals surface area (Å²) in [5.41, 5.74) is 0.800. The molecule has 1 fully saturated rings.